The summed E-state index contributed by atoms with van der Waals surface area (Å²) in [6.45, 7) is 1.66. The number of ether oxygens (including phenoxy) is 1. The van der Waals surface area contributed by atoms with Gasteiger partial charge in [-0.2, -0.15) is 25.3 Å². The highest BCUT2D eigenvalue weighted by Crippen LogP contribution is 2.57. The lowest BCUT2D eigenvalue weighted by molar-refractivity contribution is -0.0441. The third-order valence-electron chi connectivity index (χ3n) is 8.32. The maximum atomic E-state index is 13.1. The molecular weight excluding hydrogens is 458 g/mol. The van der Waals surface area contributed by atoms with Crippen LogP contribution < -0.4 is 15.0 Å². The van der Waals surface area contributed by atoms with E-state index in [1.54, 1.807) is 6.20 Å². The van der Waals surface area contributed by atoms with Crippen LogP contribution in [0, 0.1) is 22.7 Å². The van der Waals surface area contributed by atoms with Crippen molar-refractivity contribution in [2.24, 2.45) is 11.3 Å². The fourth-order valence-electron chi connectivity index (χ4n) is 5.76. The van der Waals surface area contributed by atoms with Crippen LogP contribution in [0.1, 0.15) is 67.2 Å². The quantitative estimate of drug-likeness (QED) is 0.515. The van der Waals surface area contributed by atoms with Crippen LogP contribution >= 0.6 is 0 Å². The molecule has 4 heterocycles. The number of pyridine rings is 1. The molecule has 1 aliphatic heterocycles. The van der Waals surface area contributed by atoms with Crippen molar-refractivity contribution in [2.45, 2.75) is 56.4 Å². The van der Waals surface area contributed by atoms with Crippen molar-refractivity contribution in [2.75, 3.05) is 24.6 Å². The number of rotatable bonds is 7. The molecule has 0 atom stereocenters. The lowest BCUT2D eigenvalue weighted by atomic mass is 9.50. The summed E-state index contributed by atoms with van der Waals surface area (Å²) < 4.78 is 5.84. The first-order valence-electron chi connectivity index (χ1n) is 12.7. The molecule has 0 spiro atoms. The van der Waals surface area contributed by atoms with Gasteiger partial charge in [-0.3, -0.25) is 9.89 Å². The molecular formula is C25H27N9O2. The predicted molar refractivity (Wildman–Crippen MR) is 128 cm³/mol. The molecule has 3 aromatic heterocycles. The first-order chi connectivity index (χ1) is 17.5. The fraction of sp³-hybridized carbons (Fsp3) is 0.560. The number of nitrogens with zero attached hydrogens (tertiary/aromatic N) is 7. The fourth-order valence-corrected chi connectivity index (χ4v) is 5.76. The second kappa shape index (κ2) is 7.85. The molecule has 184 valence electrons. The number of anilines is 1. The molecule has 0 aromatic carbocycles. The minimum Gasteiger partial charge on any atom is -0.462 e. The Bertz CT molecular complexity index is 1370. The zero-order chi connectivity index (χ0) is 24.3. The van der Waals surface area contributed by atoms with Gasteiger partial charge in [0.1, 0.15) is 6.61 Å². The van der Waals surface area contributed by atoms with E-state index in [9.17, 15) is 10.1 Å². The van der Waals surface area contributed by atoms with E-state index < -0.39 is 5.41 Å². The Hall–Kier alpha value is -3.81. The van der Waals surface area contributed by atoms with Gasteiger partial charge in [0.2, 0.25) is 11.8 Å². The second-order valence-electron chi connectivity index (χ2n) is 10.9. The van der Waals surface area contributed by atoms with Crippen LogP contribution in [-0.2, 0) is 0 Å². The maximum absolute atomic E-state index is 13.1. The lowest BCUT2D eigenvalue weighted by Crippen LogP contribution is -2.68. The Balaban J connectivity index is 1.10. The van der Waals surface area contributed by atoms with Gasteiger partial charge in [0.25, 0.3) is 5.91 Å². The third kappa shape index (κ3) is 3.63. The van der Waals surface area contributed by atoms with Gasteiger partial charge in [-0.25, -0.2) is 4.98 Å². The lowest BCUT2D eigenvalue weighted by Gasteiger charge is -2.61. The number of H-pyrrole nitrogens is 1. The number of aromatic nitrogens is 6. The van der Waals surface area contributed by atoms with Crippen molar-refractivity contribution in [1.82, 2.24) is 35.5 Å². The second-order valence-corrected chi connectivity index (χ2v) is 10.9. The molecule has 11 heteroatoms. The number of hydrogen-bond donors (Lipinski definition) is 2. The highest BCUT2D eigenvalue weighted by Gasteiger charge is 2.57. The number of amides is 1. The van der Waals surface area contributed by atoms with E-state index in [1.165, 1.54) is 0 Å². The Morgan fingerprint density at radius 2 is 2.03 bits per heavy atom. The Kier molecular flexibility index (Phi) is 4.68. The van der Waals surface area contributed by atoms with E-state index in [4.69, 9.17) is 4.74 Å². The van der Waals surface area contributed by atoms with Gasteiger partial charge in [-0.15, -0.1) is 0 Å². The highest BCUT2D eigenvalue weighted by molar-refractivity contribution is 5.91. The molecule has 0 radical (unpaired) electrons. The largest absolute Gasteiger partial charge is 0.462 e. The van der Waals surface area contributed by atoms with Crippen LogP contribution in [0.2, 0.25) is 0 Å². The molecule has 4 aliphatic carbocycles. The van der Waals surface area contributed by atoms with Gasteiger partial charge < -0.3 is 15.0 Å². The number of carbonyl (C=O) groups excluding carboxylic acids is 1. The van der Waals surface area contributed by atoms with Crippen molar-refractivity contribution in [3.05, 3.63) is 29.8 Å². The third-order valence-corrected chi connectivity index (χ3v) is 8.32. The summed E-state index contributed by atoms with van der Waals surface area (Å²) in [4.78, 5) is 32.9. The molecule has 36 heavy (non-hydrogen) atoms. The number of aromatic amines is 1. The van der Waals surface area contributed by atoms with Crippen molar-refractivity contribution in [1.29, 1.82) is 5.26 Å². The topological polar surface area (TPSA) is 146 Å². The van der Waals surface area contributed by atoms with E-state index in [2.05, 4.69) is 46.4 Å². The first-order valence-corrected chi connectivity index (χ1v) is 12.7. The average molecular weight is 486 g/mol. The molecule has 1 saturated heterocycles. The van der Waals surface area contributed by atoms with Crippen molar-refractivity contribution >= 4 is 22.9 Å². The molecule has 0 unspecified atom stereocenters. The highest BCUT2D eigenvalue weighted by atomic mass is 16.5. The minimum atomic E-state index is -0.458. The zero-order valence-electron chi connectivity index (χ0n) is 19.9. The van der Waals surface area contributed by atoms with Gasteiger partial charge >= 0.3 is 6.01 Å². The number of piperidine rings is 1. The van der Waals surface area contributed by atoms with Gasteiger partial charge in [0.15, 0.2) is 5.65 Å². The van der Waals surface area contributed by atoms with Crippen molar-refractivity contribution in [3.8, 4) is 12.1 Å². The van der Waals surface area contributed by atoms with E-state index in [1.807, 2.05) is 12.1 Å². The van der Waals surface area contributed by atoms with Crippen LogP contribution in [0.15, 0.2) is 18.3 Å². The monoisotopic (exact) mass is 485 g/mol. The predicted octanol–water partition coefficient (Wildman–Crippen LogP) is 2.49. The minimum absolute atomic E-state index is 0.0754. The van der Waals surface area contributed by atoms with Crippen LogP contribution in [0.25, 0.3) is 11.0 Å². The molecule has 8 rings (SSSR count). The molecule has 3 aromatic rings. The molecule has 11 nitrogen and oxygen atoms in total. The van der Waals surface area contributed by atoms with Crippen LogP contribution in [0.4, 0.5) is 5.95 Å². The molecule has 5 fully saturated rings. The summed E-state index contributed by atoms with van der Waals surface area (Å²) in [6.07, 6.45) is 8.24. The smallest absolute Gasteiger partial charge is 0.322 e. The standard InChI is InChI=1S/C25H27N9O2/c26-13-24(5-6-24)14-36-23-29-20(21(35)31-25-10-15(11-25)12-25)28-22(30-23)34-8-3-16(4-9-34)18-17-2-1-7-27-19(17)33-32-18/h1-2,7,15-16H,3-6,8-12,14H2,(H,31,35)(H,27,32,33). The SMILES string of the molecule is N#CC1(COc2nc(C(=O)NC34CC(C3)C4)nc(N3CCC(c4n[nH]c5ncccc45)CC3)n2)CC1. The summed E-state index contributed by atoms with van der Waals surface area (Å²) in [5.41, 5.74) is 1.32. The van der Waals surface area contributed by atoms with Gasteiger partial charge in [0, 0.05) is 36.1 Å². The van der Waals surface area contributed by atoms with Crippen LogP contribution in [0.5, 0.6) is 6.01 Å². The van der Waals surface area contributed by atoms with Crippen LogP contribution in [-0.4, -0.2) is 61.3 Å². The molecule has 4 saturated carbocycles. The average Bonchev–Trinajstić information content (AvgIpc) is 3.53. The number of hydrogen-bond acceptors (Lipinski definition) is 9. The van der Waals surface area contributed by atoms with Gasteiger partial charge in [-0.1, -0.05) is 0 Å². The zero-order valence-corrected chi connectivity index (χ0v) is 19.9. The number of nitrogens with one attached hydrogen (secondary N) is 2. The number of carbonyl (C=O) groups is 1. The summed E-state index contributed by atoms with van der Waals surface area (Å²) in [6, 6.07) is 6.41. The molecule has 2 bridgehead atoms. The van der Waals surface area contributed by atoms with Crippen LogP contribution in [0.3, 0.4) is 0 Å². The first kappa shape index (κ1) is 21.5. The van der Waals surface area contributed by atoms with Crippen molar-refractivity contribution < 1.29 is 9.53 Å². The summed E-state index contributed by atoms with van der Waals surface area (Å²) in [5, 5.41) is 21.2. The maximum Gasteiger partial charge on any atom is 0.322 e. The van der Waals surface area contributed by atoms with Gasteiger partial charge in [-0.05, 0) is 63.0 Å². The molecule has 2 N–H and O–H groups in total. The molecule has 1 amide bonds. The Labute approximate surface area is 207 Å². The Morgan fingerprint density at radius 3 is 2.72 bits per heavy atom. The van der Waals surface area contributed by atoms with E-state index >= 15 is 0 Å². The summed E-state index contributed by atoms with van der Waals surface area (Å²) in [7, 11) is 0. The Morgan fingerprint density at radius 1 is 1.22 bits per heavy atom. The summed E-state index contributed by atoms with van der Waals surface area (Å²) >= 11 is 0. The van der Waals surface area contributed by atoms with E-state index in [-0.39, 0.29) is 29.9 Å². The van der Waals surface area contributed by atoms with Crippen molar-refractivity contribution in [3.63, 3.8) is 0 Å². The number of fused-ring (bicyclic) bond motifs is 1. The van der Waals surface area contributed by atoms with Gasteiger partial charge in [0.05, 0.1) is 17.2 Å². The number of nitriles is 1. The normalized spacial score (nSPS) is 26.0. The molecule has 5 aliphatic rings. The van der Waals surface area contributed by atoms with E-state index in [0.717, 1.165) is 80.7 Å². The van der Waals surface area contributed by atoms with E-state index in [0.29, 0.717) is 11.9 Å². The summed E-state index contributed by atoms with van der Waals surface area (Å²) in [5.74, 6) is 1.29.